The normalized spacial score (nSPS) is 11.2. The van der Waals surface area contributed by atoms with Crippen molar-refractivity contribution in [3.63, 3.8) is 0 Å². The highest BCUT2D eigenvalue weighted by molar-refractivity contribution is 5.55. The van der Waals surface area contributed by atoms with E-state index in [2.05, 4.69) is 30.6 Å². The quantitative estimate of drug-likeness (QED) is 0.735. The molecule has 1 aromatic carbocycles. The largest absolute Gasteiger partial charge is 0.416 e. The van der Waals surface area contributed by atoms with Crippen molar-refractivity contribution in [2.75, 3.05) is 10.6 Å². The summed E-state index contributed by atoms with van der Waals surface area (Å²) in [5, 5.41) is 5.96. The number of hydrogen-bond donors (Lipinski definition) is 2. The molecule has 3 aromatic rings. The lowest BCUT2D eigenvalue weighted by molar-refractivity contribution is -0.137. The van der Waals surface area contributed by atoms with Gasteiger partial charge in [-0.1, -0.05) is 12.1 Å². The van der Waals surface area contributed by atoms with Crippen LogP contribution < -0.4 is 10.6 Å². The standard InChI is InChI=1S/C16H13F3N6/c17-16(18,19)12-3-1-2-11(6-12)8-21-14-7-15(24-10-23-14)25-13-4-5-20-9-22-13/h1-7,9-10H,8H2,(H2,20,21,22,23,24,25). The van der Waals surface area contributed by atoms with Gasteiger partial charge < -0.3 is 10.6 Å². The molecule has 0 unspecified atom stereocenters. The molecule has 9 heteroatoms. The summed E-state index contributed by atoms with van der Waals surface area (Å²) in [4.78, 5) is 16.0. The number of alkyl halides is 3. The summed E-state index contributed by atoms with van der Waals surface area (Å²) in [5.74, 6) is 1.54. The Hall–Kier alpha value is -3.23. The van der Waals surface area contributed by atoms with Crippen molar-refractivity contribution in [1.82, 2.24) is 19.9 Å². The molecule has 0 amide bonds. The van der Waals surface area contributed by atoms with Gasteiger partial charge in [0.25, 0.3) is 0 Å². The first-order valence-electron chi connectivity index (χ1n) is 7.26. The van der Waals surface area contributed by atoms with E-state index in [1.54, 1.807) is 24.4 Å². The van der Waals surface area contributed by atoms with Crippen LogP contribution in [0.1, 0.15) is 11.1 Å². The minimum Gasteiger partial charge on any atom is -0.366 e. The van der Waals surface area contributed by atoms with Crippen LogP contribution in [0.15, 0.2) is 55.2 Å². The fourth-order valence-electron chi connectivity index (χ4n) is 2.07. The summed E-state index contributed by atoms with van der Waals surface area (Å²) in [6.45, 7) is 0.202. The lowest BCUT2D eigenvalue weighted by atomic mass is 10.1. The van der Waals surface area contributed by atoms with Crippen LogP contribution in [0, 0.1) is 0 Å². The molecule has 0 spiro atoms. The number of hydrogen-bond acceptors (Lipinski definition) is 6. The van der Waals surface area contributed by atoms with Gasteiger partial charge in [-0.2, -0.15) is 13.2 Å². The summed E-state index contributed by atoms with van der Waals surface area (Å²) in [7, 11) is 0. The number of rotatable bonds is 5. The molecule has 0 aliphatic heterocycles. The van der Waals surface area contributed by atoms with Crippen molar-refractivity contribution in [2.24, 2.45) is 0 Å². The predicted molar refractivity (Wildman–Crippen MR) is 86.1 cm³/mol. The second-order valence-corrected chi connectivity index (χ2v) is 5.06. The van der Waals surface area contributed by atoms with Crippen molar-refractivity contribution in [2.45, 2.75) is 12.7 Å². The Bertz CT molecular complexity index is 839. The molecular formula is C16H13F3N6. The second-order valence-electron chi connectivity index (χ2n) is 5.06. The number of aromatic nitrogens is 4. The van der Waals surface area contributed by atoms with Gasteiger partial charge in [-0.25, -0.2) is 19.9 Å². The smallest absolute Gasteiger partial charge is 0.366 e. The van der Waals surface area contributed by atoms with Crippen molar-refractivity contribution in [1.29, 1.82) is 0 Å². The highest BCUT2D eigenvalue weighted by Gasteiger charge is 2.30. The van der Waals surface area contributed by atoms with Gasteiger partial charge in [0.2, 0.25) is 0 Å². The van der Waals surface area contributed by atoms with Crippen LogP contribution in [0.5, 0.6) is 0 Å². The summed E-state index contributed by atoms with van der Waals surface area (Å²) in [6.07, 6.45) is -0.0306. The minimum absolute atomic E-state index is 0.202. The zero-order valence-corrected chi connectivity index (χ0v) is 12.8. The lowest BCUT2D eigenvalue weighted by Gasteiger charge is -2.10. The van der Waals surface area contributed by atoms with Crippen molar-refractivity contribution in [3.8, 4) is 0 Å². The van der Waals surface area contributed by atoms with Crippen LogP contribution in [0.3, 0.4) is 0 Å². The number of halogens is 3. The van der Waals surface area contributed by atoms with Gasteiger partial charge in [-0.15, -0.1) is 0 Å². The van der Waals surface area contributed by atoms with E-state index in [9.17, 15) is 13.2 Å². The van der Waals surface area contributed by atoms with E-state index >= 15 is 0 Å². The molecule has 2 N–H and O–H groups in total. The molecule has 0 saturated heterocycles. The molecule has 0 fully saturated rings. The van der Waals surface area contributed by atoms with Gasteiger partial charge in [0.1, 0.15) is 30.1 Å². The number of benzene rings is 1. The van der Waals surface area contributed by atoms with Gasteiger partial charge in [0.15, 0.2) is 0 Å². The van der Waals surface area contributed by atoms with Crippen molar-refractivity contribution >= 4 is 17.5 Å². The average Bonchev–Trinajstić information content (AvgIpc) is 2.61. The first-order chi connectivity index (χ1) is 12.0. The number of anilines is 3. The molecular weight excluding hydrogens is 333 g/mol. The zero-order chi connectivity index (χ0) is 17.7. The molecule has 0 radical (unpaired) electrons. The molecule has 0 saturated carbocycles. The zero-order valence-electron chi connectivity index (χ0n) is 12.8. The third-order valence-electron chi connectivity index (χ3n) is 3.23. The van der Waals surface area contributed by atoms with Crippen molar-refractivity contribution < 1.29 is 13.2 Å². The third-order valence-corrected chi connectivity index (χ3v) is 3.23. The topological polar surface area (TPSA) is 75.6 Å². The maximum Gasteiger partial charge on any atom is 0.416 e. The minimum atomic E-state index is -4.36. The van der Waals surface area contributed by atoms with E-state index in [1.807, 2.05) is 0 Å². The Morgan fingerprint density at radius 3 is 2.44 bits per heavy atom. The second kappa shape index (κ2) is 7.12. The first kappa shape index (κ1) is 16.6. The van der Waals surface area contributed by atoms with Gasteiger partial charge >= 0.3 is 6.18 Å². The van der Waals surface area contributed by atoms with Gasteiger partial charge in [0.05, 0.1) is 5.56 Å². The monoisotopic (exact) mass is 346 g/mol. The van der Waals surface area contributed by atoms with Gasteiger partial charge in [0, 0.05) is 18.8 Å². The van der Waals surface area contributed by atoms with Gasteiger partial charge in [-0.3, -0.25) is 0 Å². The van der Waals surface area contributed by atoms with E-state index in [4.69, 9.17) is 0 Å². The Labute approximate surface area is 141 Å². The van der Waals surface area contributed by atoms with Crippen LogP contribution >= 0.6 is 0 Å². The van der Waals surface area contributed by atoms with Crippen molar-refractivity contribution in [3.05, 3.63) is 66.4 Å². The maximum atomic E-state index is 12.7. The van der Waals surface area contributed by atoms with Gasteiger partial charge in [-0.05, 0) is 23.8 Å². The molecule has 0 aliphatic rings. The fraction of sp³-hybridized carbons (Fsp3) is 0.125. The molecule has 25 heavy (non-hydrogen) atoms. The molecule has 3 rings (SSSR count). The first-order valence-corrected chi connectivity index (χ1v) is 7.26. The number of nitrogens with zero attached hydrogens (tertiary/aromatic N) is 4. The highest BCUT2D eigenvalue weighted by atomic mass is 19.4. The van der Waals surface area contributed by atoms with E-state index < -0.39 is 11.7 Å². The Morgan fingerprint density at radius 2 is 1.68 bits per heavy atom. The number of nitrogens with one attached hydrogen (secondary N) is 2. The van der Waals surface area contributed by atoms with Crippen LogP contribution in [0.2, 0.25) is 0 Å². The van der Waals surface area contributed by atoms with E-state index in [1.165, 1.54) is 18.7 Å². The highest BCUT2D eigenvalue weighted by Crippen LogP contribution is 2.29. The third kappa shape index (κ3) is 4.63. The predicted octanol–water partition coefficient (Wildman–Crippen LogP) is 3.64. The summed E-state index contributed by atoms with van der Waals surface area (Å²) < 4.78 is 38.2. The Kier molecular flexibility index (Phi) is 4.73. The van der Waals surface area contributed by atoms with Crippen LogP contribution in [-0.4, -0.2) is 19.9 Å². The molecule has 2 heterocycles. The molecule has 128 valence electrons. The summed E-state index contributed by atoms with van der Waals surface area (Å²) in [5.41, 5.74) is -0.181. The Balaban J connectivity index is 1.67. The maximum absolute atomic E-state index is 12.7. The molecule has 6 nitrogen and oxygen atoms in total. The molecule has 0 atom stereocenters. The molecule has 0 aliphatic carbocycles. The van der Waals surface area contributed by atoms with Crippen LogP contribution in [0.25, 0.3) is 0 Å². The summed E-state index contributed by atoms with van der Waals surface area (Å²) in [6, 6.07) is 8.45. The Morgan fingerprint density at radius 1 is 0.880 bits per heavy atom. The average molecular weight is 346 g/mol. The fourth-order valence-corrected chi connectivity index (χ4v) is 2.07. The SMILES string of the molecule is FC(F)(F)c1cccc(CNc2cc(Nc3ccncn3)ncn2)c1. The lowest BCUT2D eigenvalue weighted by Crippen LogP contribution is -2.07. The van der Waals surface area contributed by atoms with E-state index in [0.29, 0.717) is 23.0 Å². The van der Waals surface area contributed by atoms with Crippen LogP contribution in [-0.2, 0) is 12.7 Å². The molecule has 0 bridgehead atoms. The summed E-state index contributed by atoms with van der Waals surface area (Å²) >= 11 is 0. The van der Waals surface area contributed by atoms with E-state index in [-0.39, 0.29) is 6.54 Å². The molecule has 2 aromatic heterocycles. The van der Waals surface area contributed by atoms with E-state index in [0.717, 1.165) is 12.1 Å². The van der Waals surface area contributed by atoms with Crippen LogP contribution in [0.4, 0.5) is 30.6 Å².